The first-order valence-electron chi connectivity index (χ1n) is 14.0. The van der Waals surface area contributed by atoms with Gasteiger partial charge < -0.3 is 24.6 Å². The van der Waals surface area contributed by atoms with Crippen LogP contribution in [0.15, 0.2) is 65.1 Å². The van der Waals surface area contributed by atoms with E-state index in [1.54, 1.807) is 28.9 Å². The number of esters is 1. The Labute approximate surface area is 261 Å². The normalized spacial score (nSPS) is 20.2. The number of carboxylic acids is 1. The second-order valence-electron chi connectivity index (χ2n) is 10.9. The summed E-state index contributed by atoms with van der Waals surface area (Å²) in [6.45, 7) is 1.58. The number of piperazine rings is 1. The van der Waals surface area contributed by atoms with Crippen LogP contribution in [0.5, 0.6) is 0 Å². The molecule has 0 radical (unpaired) electrons. The van der Waals surface area contributed by atoms with Gasteiger partial charge in [-0.1, -0.05) is 17.7 Å². The van der Waals surface area contributed by atoms with Crippen molar-refractivity contribution in [2.24, 2.45) is 12.0 Å². The minimum atomic E-state index is -1.27. The lowest BCUT2D eigenvalue weighted by atomic mass is 9.95. The molecule has 2 atom stereocenters. The topological polar surface area (TPSA) is 133 Å². The number of anilines is 1. The highest BCUT2D eigenvalue weighted by atomic mass is 35.5. The number of methoxy groups -OCH3 is 1. The summed E-state index contributed by atoms with van der Waals surface area (Å²) in [5, 5.41) is 12.5. The van der Waals surface area contributed by atoms with E-state index >= 15 is 0 Å². The first kappa shape index (κ1) is 30.2. The summed E-state index contributed by atoms with van der Waals surface area (Å²) in [6, 6.07) is 5.72. The molecular weight excluding hydrogens is 612 g/mol. The summed E-state index contributed by atoms with van der Waals surface area (Å²) in [7, 11) is 3.06. The average Bonchev–Trinajstić information content (AvgIpc) is 3.58. The molecule has 2 fully saturated rings. The molecule has 234 valence electrons. The Morgan fingerprint density at radius 3 is 2.62 bits per heavy atom. The van der Waals surface area contributed by atoms with Crippen LogP contribution in [0.3, 0.4) is 0 Å². The Hall–Kier alpha value is -4.82. The number of amides is 2. The first-order valence-corrected chi connectivity index (χ1v) is 14.4. The van der Waals surface area contributed by atoms with Crippen LogP contribution < -0.4 is 10.2 Å². The summed E-state index contributed by atoms with van der Waals surface area (Å²) in [5.41, 5.74) is 0.865. The van der Waals surface area contributed by atoms with Crippen molar-refractivity contribution in [2.75, 3.05) is 44.7 Å². The number of hydrogen-bond donors (Lipinski definition) is 2. The van der Waals surface area contributed by atoms with E-state index in [2.05, 4.69) is 15.2 Å². The second-order valence-corrected chi connectivity index (χ2v) is 11.3. The molecule has 0 unspecified atom stereocenters. The molecule has 2 saturated heterocycles. The molecule has 0 spiro atoms. The molecule has 15 heteroatoms. The predicted octanol–water partition coefficient (Wildman–Crippen LogP) is 3.19. The molecule has 3 aromatic rings. The molecule has 3 aliphatic rings. The number of aryl methyl sites for hydroxylation is 1. The number of ether oxygens (including phenoxy) is 1. The van der Waals surface area contributed by atoms with Gasteiger partial charge in [0.2, 0.25) is 0 Å². The molecule has 6 rings (SSSR count). The van der Waals surface area contributed by atoms with Crippen LogP contribution in [0.2, 0.25) is 5.02 Å². The quantitative estimate of drug-likeness (QED) is 0.377. The van der Waals surface area contributed by atoms with Crippen LogP contribution in [-0.4, -0.2) is 94.1 Å². The number of imidazole rings is 1. The van der Waals surface area contributed by atoms with Crippen LogP contribution >= 0.6 is 11.6 Å². The van der Waals surface area contributed by atoms with E-state index in [0.29, 0.717) is 42.6 Å². The van der Waals surface area contributed by atoms with Crippen molar-refractivity contribution in [3.8, 4) is 0 Å². The van der Waals surface area contributed by atoms with Crippen LogP contribution in [0.4, 0.5) is 19.3 Å². The van der Waals surface area contributed by atoms with Gasteiger partial charge in [-0.15, -0.1) is 0 Å². The van der Waals surface area contributed by atoms with Gasteiger partial charge in [-0.05, 0) is 30.3 Å². The molecule has 0 aliphatic carbocycles. The second kappa shape index (κ2) is 11.9. The van der Waals surface area contributed by atoms with Crippen LogP contribution in [0.1, 0.15) is 27.8 Å². The summed E-state index contributed by atoms with van der Waals surface area (Å²) in [4.78, 5) is 52.0. The van der Waals surface area contributed by atoms with Gasteiger partial charge in [0.1, 0.15) is 17.7 Å². The Balaban J connectivity index is 1.30. The van der Waals surface area contributed by atoms with E-state index in [1.165, 1.54) is 36.3 Å². The maximum absolute atomic E-state index is 14.9. The minimum Gasteiger partial charge on any atom is -0.478 e. The Morgan fingerprint density at radius 2 is 1.96 bits per heavy atom. The molecule has 1 aromatic heterocycles. The Bertz CT molecular complexity index is 1780. The molecule has 2 aromatic carbocycles. The fourth-order valence-corrected chi connectivity index (χ4v) is 6.20. The standard InChI is InChI=1S/C30H28ClF2N7O5/c1-37-8-7-34-27(37)26-35-22(24(29(43)45-2)25(36-26)19-5-4-17(32)12-20(19)31)15-38-9-10-39-18(13-38)14-40(30(39)44)23-6-3-16(28(41)42)11-21(23)33/h3-8,11-12,18,25H,9-10,13-15H2,1-2H3,(H,35,36)(H,41,42)/t18-,25-/m0/s1. The third kappa shape index (κ3) is 5.62. The number of benzene rings is 2. The fraction of sp³-hybridized carbons (Fsp3) is 0.300. The number of nitrogens with one attached hydrogen (secondary N) is 1. The smallest absolute Gasteiger partial charge is 0.338 e. The number of aliphatic imine (C=N–C) groups is 1. The van der Waals surface area contributed by atoms with Crippen molar-refractivity contribution in [2.45, 2.75) is 12.1 Å². The van der Waals surface area contributed by atoms with Gasteiger partial charge in [0.25, 0.3) is 0 Å². The van der Waals surface area contributed by atoms with Gasteiger partial charge in [-0.2, -0.15) is 0 Å². The molecule has 0 saturated carbocycles. The number of aromatic nitrogens is 2. The highest BCUT2D eigenvalue weighted by Gasteiger charge is 2.43. The number of urea groups is 1. The highest BCUT2D eigenvalue weighted by Crippen LogP contribution is 2.37. The fourth-order valence-electron chi connectivity index (χ4n) is 5.93. The summed E-state index contributed by atoms with van der Waals surface area (Å²) in [5.74, 6) is -2.38. The molecule has 45 heavy (non-hydrogen) atoms. The zero-order valence-corrected chi connectivity index (χ0v) is 25.0. The number of nitrogens with zero attached hydrogens (tertiary/aromatic N) is 6. The number of rotatable bonds is 7. The van der Waals surface area contributed by atoms with Gasteiger partial charge in [0.15, 0.2) is 11.7 Å². The lowest BCUT2D eigenvalue weighted by Crippen LogP contribution is -2.53. The monoisotopic (exact) mass is 639 g/mol. The van der Waals surface area contributed by atoms with Crippen molar-refractivity contribution >= 4 is 41.1 Å². The lowest BCUT2D eigenvalue weighted by molar-refractivity contribution is -0.136. The third-order valence-corrected chi connectivity index (χ3v) is 8.45. The number of carbonyl (C=O) groups is 3. The molecule has 4 heterocycles. The lowest BCUT2D eigenvalue weighted by Gasteiger charge is -2.38. The largest absolute Gasteiger partial charge is 0.478 e. The number of hydrogen-bond acceptors (Lipinski definition) is 8. The van der Waals surface area contributed by atoms with Crippen LogP contribution in [0, 0.1) is 11.6 Å². The van der Waals surface area contributed by atoms with Crippen LogP contribution in [-0.2, 0) is 16.6 Å². The Morgan fingerprint density at radius 1 is 1.16 bits per heavy atom. The van der Waals surface area contributed by atoms with Crippen molar-refractivity contribution in [3.05, 3.63) is 93.7 Å². The number of fused-ring (bicyclic) bond motifs is 1. The van der Waals surface area contributed by atoms with Crippen molar-refractivity contribution < 1.29 is 33.0 Å². The third-order valence-electron chi connectivity index (χ3n) is 8.13. The van der Waals surface area contributed by atoms with E-state index in [0.717, 1.165) is 12.1 Å². The molecule has 12 nitrogen and oxygen atoms in total. The number of carbonyl (C=O) groups excluding carboxylic acids is 2. The maximum Gasteiger partial charge on any atom is 0.338 e. The van der Waals surface area contributed by atoms with Crippen LogP contribution in [0.25, 0.3) is 0 Å². The molecule has 2 N–H and O–H groups in total. The van der Waals surface area contributed by atoms with E-state index in [4.69, 9.17) is 21.3 Å². The molecule has 3 aliphatic heterocycles. The summed E-state index contributed by atoms with van der Waals surface area (Å²) < 4.78 is 35.8. The maximum atomic E-state index is 14.9. The average molecular weight is 640 g/mol. The van der Waals surface area contributed by atoms with Gasteiger partial charge in [-0.25, -0.2) is 28.1 Å². The molecule has 2 amide bonds. The van der Waals surface area contributed by atoms with Gasteiger partial charge in [0, 0.05) is 68.4 Å². The van der Waals surface area contributed by atoms with E-state index in [-0.39, 0.29) is 47.0 Å². The molecule has 0 bridgehead atoms. The van der Waals surface area contributed by atoms with Gasteiger partial charge in [0.05, 0.1) is 30.0 Å². The van der Waals surface area contributed by atoms with E-state index in [1.807, 2.05) is 0 Å². The number of amidine groups is 1. The van der Waals surface area contributed by atoms with E-state index < -0.39 is 29.6 Å². The van der Waals surface area contributed by atoms with Gasteiger partial charge >= 0.3 is 18.0 Å². The van der Waals surface area contributed by atoms with Crippen molar-refractivity contribution in [1.82, 2.24) is 24.7 Å². The number of halogens is 3. The Kier molecular flexibility index (Phi) is 8.01. The van der Waals surface area contributed by atoms with Crippen molar-refractivity contribution in [1.29, 1.82) is 0 Å². The number of aromatic carboxylic acids is 1. The van der Waals surface area contributed by atoms with Crippen molar-refractivity contribution in [3.63, 3.8) is 0 Å². The highest BCUT2D eigenvalue weighted by molar-refractivity contribution is 6.31. The first-order chi connectivity index (χ1) is 21.5. The predicted molar refractivity (Wildman–Crippen MR) is 159 cm³/mol. The minimum absolute atomic E-state index is 0.00511. The zero-order chi connectivity index (χ0) is 32.0. The zero-order valence-electron chi connectivity index (χ0n) is 24.2. The number of carboxylic acid groups (broad SMARTS) is 1. The van der Waals surface area contributed by atoms with Gasteiger partial charge in [-0.3, -0.25) is 14.8 Å². The SMILES string of the molecule is COC(=O)C1=C(CN2CCN3C(=O)N(c4ccc(C(=O)O)cc4F)C[C@@H]3C2)NC(c2nccn2C)=N[C@H]1c1ccc(F)cc1Cl. The molecular formula is C30H28ClF2N7O5. The summed E-state index contributed by atoms with van der Waals surface area (Å²) in [6.07, 6.45) is 3.36. The van der Waals surface area contributed by atoms with E-state index in [9.17, 15) is 28.3 Å². The summed E-state index contributed by atoms with van der Waals surface area (Å²) >= 11 is 6.46.